The Bertz CT molecular complexity index is 1180. The lowest BCUT2D eigenvalue weighted by Gasteiger charge is -2.18. The van der Waals surface area contributed by atoms with Gasteiger partial charge in [-0.05, 0) is 66.5 Å². The molecule has 4 nitrogen and oxygen atoms in total. The Morgan fingerprint density at radius 2 is 1.68 bits per heavy atom. The standard InChI is InChI=1S/C26H30N2O2.ClH/c1-26(2,3)20-11-12-23-22(17-20)27-25(30-23)21-15-18-9-6-7-10-19(18)16-24(21)29-14-8-13-28(4)5;/h6-7,9-12,15-17H,8,13-14H2,1-5H3;1H. The Morgan fingerprint density at radius 1 is 0.968 bits per heavy atom. The van der Waals surface area contributed by atoms with E-state index in [1.165, 1.54) is 5.56 Å². The lowest BCUT2D eigenvalue weighted by atomic mass is 9.87. The Morgan fingerprint density at radius 3 is 2.35 bits per heavy atom. The zero-order valence-electron chi connectivity index (χ0n) is 18.9. The Labute approximate surface area is 190 Å². The van der Waals surface area contributed by atoms with Crippen molar-refractivity contribution in [3.63, 3.8) is 0 Å². The van der Waals surface area contributed by atoms with Crippen molar-refractivity contribution in [2.45, 2.75) is 32.6 Å². The number of oxazole rings is 1. The summed E-state index contributed by atoms with van der Waals surface area (Å²) in [6, 6.07) is 18.8. The summed E-state index contributed by atoms with van der Waals surface area (Å²) in [4.78, 5) is 6.99. The average Bonchev–Trinajstić information content (AvgIpc) is 3.13. The highest BCUT2D eigenvalue weighted by Crippen LogP contribution is 2.36. The van der Waals surface area contributed by atoms with E-state index in [9.17, 15) is 0 Å². The van der Waals surface area contributed by atoms with Crippen LogP contribution in [0.4, 0.5) is 0 Å². The fourth-order valence-corrected chi connectivity index (χ4v) is 3.58. The van der Waals surface area contributed by atoms with E-state index in [1.54, 1.807) is 0 Å². The highest BCUT2D eigenvalue weighted by atomic mass is 35.5. The summed E-state index contributed by atoms with van der Waals surface area (Å²) in [5, 5.41) is 2.29. The molecule has 0 unspecified atom stereocenters. The summed E-state index contributed by atoms with van der Waals surface area (Å²) in [5.41, 5.74) is 3.88. The number of fused-ring (bicyclic) bond motifs is 2. The van der Waals surface area contributed by atoms with Gasteiger partial charge in [0.25, 0.3) is 0 Å². The van der Waals surface area contributed by atoms with Crippen LogP contribution >= 0.6 is 12.4 Å². The van der Waals surface area contributed by atoms with Crippen LogP contribution in [0.3, 0.4) is 0 Å². The summed E-state index contributed by atoms with van der Waals surface area (Å²) < 4.78 is 12.4. The topological polar surface area (TPSA) is 38.5 Å². The maximum Gasteiger partial charge on any atom is 0.231 e. The van der Waals surface area contributed by atoms with Gasteiger partial charge in [-0.15, -0.1) is 12.4 Å². The van der Waals surface area contributed by atoms with Crippen LogP contribution in [0.2, 0.25) is 0 Å². The molecule has 0 bridgehead atoms. The van der Waals surface area contributed by atoms with Gasteiger partial charge in [0.05, 0.1) is 12.2 Å². The molecule has 4 rings (SSSR count). The largest absolute Gasteiger partial charge is 0.493 e. The van der Waals surface area contributed by atoms with Gasteiger partial charge in [0.1, 0.15) is 11.3 Å². The number of halogens is 1. The fraction of sp³-hybridized carbons (Fsp3) is 0.346. The number of hydrogen-bond donors (Lipinski definition) is 0. The van der Waals surface area contributed by atoms with E-state index in [-0.39, 0.29) is 17.8 Å². The third-order valence-electron chi connectivity index (χ3n) is 5.34. The second-order valence-corrected chi connectivity index (χ2v) is 9.15. The van der Waals surface area contributed by atoms with Crippen molar-refractivity contribution in [3.8, 4) is 17.2 Å². The molecule has 0 atom stereocenters. The summed E-state index contributed by atoms with van der Waals surface area (Å²) in [6.45, 7) is 8.26. The quantitative estimate of drug-likeness (QED) is 0.314. The molecule has 5 heteroatoms. The molecule has 3 aromatic carbocycles. The highest BCUT2D eigenvalue weighted by molar-refractivity contribution is 5.90. The van der Waals surface area contributed by atoms with E-state index in [0.29, 0.717) is 12.5 Å². The van der Waals surface area contributed by atoms with Crippen LogP contribution in [0.15, 0.2) is 59.0 Å². The first-order valence-corrected chi connectivity index (χ1v) is 10.5. The first-order chi connectivity index (χ1) is 14.3. The molecule has 0 aliphatic rings. The molecular formula is C26H31ClN2O2. The van der Waals surface area contributed by atoms with Crippen LogP contribution in [0.5, 0.6) is 5.75 Å². The van der Waals surface area contributed by atoms with Gasteiger partial charge in [-0.3, -0.25) is 0 Å². The van der Waals surface area contributed by atoms with Crippen molar-refractivity contribution in [1.82, 2.24) is 9.88 Å². The van der Waals surface area contributed by atoms with Gasteiger partial charge < -0.3 is 14.1 Å². The molecule has 0 fully saturated rings. The van der Waals surface area contributed by atoms with Gasteiger partial charge in [-0.25, -0.2) is 4.98 Å². The predicted molar refractivity (Wildman–Crippen MR) is 132 cm³/mol. The SMILES string of the molecule is CN(C)CCCOc1cc2ccccc2cc1-c1nc2cc(C(C)(C)C)ccc2o1.Cl. The molecule has 0 saturated heterocycles. The minimum atomic E-state index is 0. The number of aromatic nitrogens is 1. The summed E-state index contributed by atoms with van der Waals surface area (Å²) in [6.07, 6.45) is 0.960. The zero-order valence-corrected chi connectivity index (χ0v) is 19.8. The van der Waals surface area contributed by atoms with Crippen LogP contribution < -0.4 is 4.74 Å². The number of hydrogen-bond acceptors (Lipinski definition) is 4. The summed E-state index contributed by atoms with van der Waals surface area (Å²) >= 11 is 0. The van der Waals surface area contributed by atoms with E-state index in [0.717, 1.165) is 46.2 Å². The third-order valence-corrected chi connectivity index (χ3v) is 5.34. The number of nitrogens with zero attached hydrogens (tertiary/aromatic N) is 2. The maximum atomic E-state index is 6.20. The summed E-state index contributed by atoms with van der Waals surface area (Å²) in [7, 11) is 4.15. The first kappa shape index (κ1) is 23.1. The molecule has 4 aromatic rings. The zero-order chi connectivity index (χ0) is 21.3. The number of benzene rings is 3. The molecular weight excluding hydrogens is 408 g/mol. The molecule has 1 heterocycles. The van der Waals surface area contributed by atoms with Gasteiger partial charge in [0.2, 0.25) is 5.89 Å². The Balaban J connectivity index is 0.00000272. The normalized spacial score (nSPS) is 11.8. The van der Waals surface area contributed by atoms with Gasteiger partial charge in [-0.1, -0.05) is 51.1 Å². The van der Waals surface area contributed by atoms with E-state index in [2.05, 4.69) is 76.2 Å². The fourth-order valence-electron chi connectivity index (χ4n) is 3.58. The van der Waals surface area contributed by atoms with Crippen LogP contribution in [-0.2, 0) is 5.41 Å². The van der Waals surface area contributed by atoms with Crippen LogP contribution in [0.1, 0.15) is 32.8 Å². The highest BCUT2D eigenvalue weighted by Gasteiger charge is 2.18. The van der Waals surface area contributed by atoms with Gasteiger partial charge in [0, 0.05) is 6.54 Å². The van der Waals surface area contributed by atoms with Crippen molar-refractivity contribution in [3.05, 3.63) is 60.2 Å². The molecule has 0 saturated carbocycles. The van der Waals surface area contributed by atoms with E-state index in [1.807, 2.05) is 18.2 Å². The molecule has 1 aromatic heterocycles. The molecule has 31 heavy (non-hydrogen) atoms. The van der Waals surface area contributed by atoms with Crippen molar-refractivity contribution in [1.29, 1.82) is 0 Å². The molecule has 0 aliphatic heterocycles. The van der Waals surface area contributed by atoms with Crippen LogP contribution in [-0.4, -0.2) is 37.1 Å². The minimum Gasteiger partial charge on any atom is -0.493 e. The van der Waals surface area contributed by atoms with E-state index >= 15 is 0 Å². The second-order valence-electron chi connectivity index (χ2n) is 9.15. The Kier molecular flexibility index (Phi) is 6.93. The van der Waals surface area contributed by atoms with Crippen molar-refractivity contribution >= 4 is 34.3 Å². The van der Waals surface area contributed by atoms with Crippen molar-refractivity contribution in [2.75, 3.05) is 27.2 Å². The van der Waals surface area contributed by atoms with Crippen LogP contribution in [0, 0.1) is 0 Å². The maximum absolute atomic E-state index is 6.20. The second kappa shape index (κ2) is 9.29. The first-order valence-electron chi connectivity index (χ1n) is 10.5. The predicted octanol–water partition coefficient (Wildman–Crippen LogP) is 6.70. The lowest BCUT2D eigenvalue weighted by Crippen LogP contribution is -2.15. The minimum absolute atomic E-state index is 0. The lowest BCUT2D eigenvalue weighted by molar-refractivity contribution is 0.282. The van der Waals surface area contributed by atoms with Crippen molar-refractivity contribution in [2.24, 2.45) is 0 Å². The third kappa shape index (κ3) is 5.20. The monoisotopic (exact) mass is 438 g/mol. The van der Waals surface area contributed by atoms with E-state index < -0.39 is 0 Å². The van der Waals surface area contributed by atoms with Crippen LogP contribution in [0.25, 0.3) is 33.3 Å². The molecule has 0 amide bonds. The summed E-state index contributed by atoms with van der Waals surface area (Å²) in [5.74, 6) is 1.42. The Hall–Kier alpha value is -2.56. The van der Waals surface area contributed by atoms with Gasteiger partial charge in [0.15, 0.2) is 5.58 Å². The van der Waals surface area contributed by atoms with Gasteiger partial charge in [-0.2, -0.15) is 0 Å². The molecule has 0 spiro atoms. The number of rotatable bonds is 6. The molecule has 164 valence electrons. The van der Waals surface area contributed by atoms with E-state index in [4.69, 9.17) is 14.1 Å². The average molecular weight is 439 g/mol. The van der Waals surface area contributed by atoms with Crippen molar-refractivity contribution < 1.29 is 9.15 Å². The molecule has 0 N–H and O–H groups in total. The molecule has 0 aliphatic carbocycles. The number of ether oxygens (including phenoxy) is 1. The smallest absolute Gasteiger partial charge is 0.231 e. The molecule has 0 radical (unpaired) electrons. The van der Waals surface area contributed by atoms with Gasteiger partial charge >= 0.3 is 0 Å².